The van der Waals surface area contributed by atoms with Crippen LogP contribution >= 0.6 is 23.2 Å². The molecule has 4 rings (SSSR count). The van der Waals surface area contributed by atoms with Crippen LogP contribution in [-0.2, 0) is 11.2 Å². The number of phenolic OH excluding ortho intramolecular Hbond substituents is 1. The molecule has 146 valence electrons. The number of aromatic hydroxyl groups is 1. The van der Waals surface area contributed by atoms with E-state index in [1.165, 1.54) is 0 Å². The van der Waals surface area contributed by atoms with Crippen LogP contribution in [0.15, 0.2) is 47.7 Å². The lowest BCUT2D eigenvalue weighted by atomic mass is 9.73. The Labute approximate surface area is 174 Å². The lowest BCUT2D eigenvalue weighted by Crippen LogP contribution is -2.36. The molecule has 0 bridgehead atoms. The summed E-state index contributed by atoms with van der Waals surface area (Å²) in [5.74, 6) is 0.270. The fourth-order valence-corrected chi connectivity index (χ4v) is 4.60. The number of Topliss-reactive ketones (excluding diaryl/α,β-unsaturated/α-hetero) is 1. The van der Waals surface area contributed by atoms with Crippen molar-refractivity contribution >= 4 is 40.4 Å². The van der Waals surface area contributed by atoms with E-state index in [0.717, 1.165) is 28.9 Å². The largest absolute Gasteiger partial charge is 0.506 e. The normalized spacial score (nSPS) is 20.6. The molecule has 1 heterocycles. The molecule has 28 heavy (non-hydrogen) atoms. The van der Waals surface area contributed by atoms with Crippen LogP contribution in [0.2, 0.25) is 10.0 Å². The second-order valence-corrected chi connectivity index (χ2v) is 9.14. The summed E-state index contributed by atoms with van der Waals surface area (Å²) < 4.78 is 0. The third kappa shape index (κ3) is 3.59. The van der Waals surface area contributed by atoms with Crippen molar-refractivity contribution in [2.75, 3.05) is 10.6 Å². The number of para-hydroxylation sites is 1. The highest BCUT2D eigenvalue weighted by molar-refractivity contribution is 6.35. The van der Waals surface area contributed by atoms with Gasteiger partial charge in [0.15, 0.2) is 5.78 Å². The van der Waals surface area contributed by atoms with Gasteiger partial charge in [-0.15, -0.1) is 0 Å². The van der Waals surface area contributed by atoms with E-state index >= 15 is 0 Å². The molecule has 2 aromatic carbocycles. The van der Waals surface area contributed by atoms with Crippen molar-refractivity contribution in [2.45, 2.75) is 39.2 Å². The maximum atomic E-state index is 13.1. The predicted octanol–water partition coefficient (Wildman–Crippen LogP) is 5.79. The molecule has 0 saturated carbocycles. The summed E-state index contributed by atoms with van der Waals surface area (Å²) in [6, 6.07) is 10.5. The Morgan fingerprint density at radius 2 is 1.96 bits per heavy atom. The minimum atomic E-state index is -0.257. The van der Waals surface area contributed by atoms with Crippen LogP contribution in [0.5, 0.6) is 5.75 Å². The van der Waals surface area contributed by atoms with Crippen LogP contribution in [0.3, 0.4) is 0 Å². The van der Waals surface area contributed by atoms with Crippen molar-refractivity contribution in [3.05, 3.63) is 63.3 Å². The number of fused-ring (bicyclic) bond motifs is 1. The van der Waals surface area contributed by atoms with Gasteiger partial charge in [0, 0.05) is 27.7 Å². The molecular weight excluding hydrogens is 395 g/mol. The van der Waals surface area contributed by atoms with Crippen LogP contribution in [0.1, 0.15) is 32.3 Å². The summed E-state index contributed by atoms with van der Waals surface area (Å²) in [5.41, 5.74) is 3.74. The molecule has 0 aromatic heterocycles. The van der Waals surface area contributed by atoms with Crippen LogP contribution in [0.4, 0.5) is 11.4 Å². The number of carbonyl (C=O) groups is 1. The molecule has 1 aliphatic carbocycles. The zero-order valence-corrected chi connectivity index (χ0v) is 17.3. The first kappa shape index (κ1) is 19.2. The van der Waals surface area contributed by atoms with Gasteiger partial charge in [-0.2, -0.15) is 0 Å². The number of carbonyl (C=O) groups excluding carboxylic acids is 1. The molecule has 0 fully saturated rings. The number of benzene rings is 2. The van der Waals surface area contributed by atoms with Crippen molar-refractivity contribution in [1.82, 2.24) is 0 Å². The molecule has 0 radical (unpaired) electrons. The number of ketones is 1. The van der Waals surface area contributed by atoms with E-state index in [9.17, 15) is 9.90 Å². The number of hydrogen-bond acceptors (Lipinski definition) is 4. The number of anilines is 2. The Morgan fingerprint density at radius 1 is 1.18 bits per heavy atom. The molecule has 1 unspecified atom stereocenters. The molecule has 6 heteroatoms. The highest BCUT2D eigenvalue weighted by Gasteiger charge is 2.38. The van der Waals surface area contributed by atoms with E-state index in [2.05, 4.69) is 24.5 Å². The predicted molar refractivity (Wildman–Crippen MR) is 114 cm³/mol. The Balaban J connectivity index is 1.81. The lowest BCUT2D eigenvalue weighted by molar-refractivity contribution is -0.118. The number of hydrogen-bond donors (Lipinski definition) is 3. The molecule has 3 N–H and O–H groups in total. The van der Waals surface area contributed by atoms with Crippen molar-refractivity contribution in [1.29, 1.82) is 0 Å². The minimum absolute atomic E-state index is 0.119. The van der Waals surface area contributed by atoms with E-state index in [-0.39, 0.29) is 23.0 Å². The standard InChI is InChI=1S/C22H22Cl2N2O2/c1-22(2)10-17-20(19(28)11-22)16(8-12-6-7-13(23)9-14(12)24)25-15-4-3-5-18(27)21(15)26-17/h3-7,9,16,25-27H,8,10-11H2,1-2H3. The third-order valence-corrected chi connectivity index (χ3v) is 5.94. The fourth-order valence-electron chi connectivity index (χ4n) is 4.11. The van der Waals surface area contributed by atoms with Crippen molar-refractivity contribution in [2.24, 2.45) is 5.41 Å². The second-order valence-electron chi connectivity index (χ2n) is 8.29. The van der Waals surface area contributed by atoms with Gasteiger partial charge in [0.2, 0.25) is 0 Å². The summed E-state index contributed by atoms with van der Waals surface area (Å²) in [5, 5.41) is 18.3. The summed E-state index contributed by atoms with van der Waals surface area (Å²) in [4.78, 5) is 13.1. The van der Waals surface area contributed by atoms with Gasteiger partial charge in [-0.3, -0.25) is 4.79 Å². The zero-order valence-electron chi connectivity index (χ0n) is 15.8. The smallest absolute Gasteiger partial charge is 0.163 e. The first-order valence-electron chi connectivity index (χ1n) is 9.29. The Kier molecular flexibility index (Phi) is 4.80. The lowest BCUT2D eigenvalue weighted by Gasteiger charge is -2.34. The summed E-state index contributed by atoms with van der Waals surface area (Å²) in [7, 11) is 0. The molecular formula is C22H22Cl2N2O2. The van der Waals surface area contributed by atoms with Crippen molar-refractivity contribution in [3.8, 4) is 5.75 Å². The highest BCUT2D eigenvalue weighted by atomic mass is 35.5. The Hall–Kier alpha value is -2.17. The van der Waals surface area contributed by atoms with Gasteiger partial charge in [0.25, 0.3) is 0 Å². The number of rotatable bonds is 2. The maximum absolute atomic E-state index is 13.1. The number of allylic oxidation sites excluding steroid dienone is 1. The second kappa shape index (κ2) is 7.02. The highest BCUT2D eigenvalue weighted by Crippen LogP contribution is 2.44. The molecule has 0 saturated heterocycles. The van der Waals surface area contributed by atoms with E-state index in [0.29, 0.717) is 28.6 Å². The van der Waals surface area contributed by atoms with Gasteiger partial charge in [0.1, 0.15) is 11.4 Å². The molecule has 2 aromatic rings. The maximum Gasteiger partial charge on any atom is 0.163 e. The summed E-state index contributed by atoms with van der Waals surface area (Å²) >= 11 is 12.4. The number of halogens is 2. The van der Waals surface area contributed by atoms with Gasteiger partial charge in [0.05, 0.1) is 11.7 Å². The topological polar surface area (TPSA) is 61.4 Å². The van der Waals surface area contributed by atoms with Crippen LogP contribution < -0.4 is 10.6 Å². The van der Waals surface area contributed by atoms with Gasteiger partial charge < -0.3 is 15.7 Å². The van der Waals surface area contributed by atoms with Crippen molar-refractivity contribution in [3.63, 3.8) is 0 Å². The van der Waals surface area contributed by atoms with Crippen molar-refractivity contribution < 1.29 is 9.90 Å². The first-order valence-corrected chi connectivity index (χ1v) is 10.0. The molecule has 1 aliphatic heterocycles. The van der Waals surface area contributed by atoms with Gasteiger partial charge in [-0.1, -0.05) is 49.2 Å². The van der Waals surface area contributed by atoms with E-state index < -0.39 is 0 Å². The quantitative estimate of drug-likeness (QED) is 0.542. The summed E-state index contributed by atoms with van der Waals surface area (Å²) in [6.07, 6.45) is 1.76. The van der Waals surface area contributed by atoms with Gasteiger partial charge in [-0.25, -0.2) is 0 Å². The third-order valence-electron chi connectivity index (χ3n) is 5.36. The average Bonchev–Trinajstić information content (AvgIpc) is 2.73. The molecule has 2 aliphatic rings. The summed E-state index contributed by atoms with van der Waals surface area (Å²) in [6.45, 7) is 4.18. The molecule has 4 nitrogen and oxygen atoms in total. The van der Waals surface area contributed by atoms with E-state index in [4.69, 9.17) is 23.2 Å². The Bertz CT molecular complexity index is 998. The van der Waals surface area contributed by atoms with Crippen LogP contribution in [0, 0.1) is 5.41 Å². The fraction of sp³-hybridized carbons (Fsp3) is 0.318. The molecule has 0 amide bonds. The van der Waals surface area contributed by atoms with Crippen LogP contribution in [0.25, 0.3) is 0 Å². The molecule has 0 spiro atoms. The van der Waals surface area contributed by atoms with Crippen LogP contribution in [-0.4, -0.2) is 16.9 Å². The SMILES string of the molecule is CC1(C)CC(=O)C2=C(C1)Nc1c(O)cccc1NC2Cc1ccc(Cl)cc1Cl. The first-order chi connectivity index (χ1) is 13.2. The average molecular weight is 417 g/mol. The van der Waals surface area contributed by atoms with Gasteiger partial charge in [-0.05, 0) is 48.1 Å². The van der Waals surface area contributed by atoms with E-state index in [1.807, 2.05) is 12.1 Å². The monoisotopic (exact) mass is 416 g/mol. The minimum Gasteiger partial charge on any atom is -0.506 e. The number of phenols is 1. The van der Waals surface area contributed by atoms with Gasteiger partial charge >= 0.3 is 0 Å². The van der Waals surface area contributed by atoms with E-state index in [1.54, 1.807) is 24.3 Å². The molecule has 1 atom stereocenters. The number of nitrogens with one attached hydrogen (secondary N) is 2. The zero-order chi connectivity index (χ0) is 20.1. The Morgan fingerprint density at radius 3 is 2.71 bits per heavy atom.